The number of furan rings is 1. The van der Waals surface area contributed by atoms with E-state index in [2.05, 4.69) is 15.6 Å². The molecular weight excluding hydrogens is 254 g/mol. The molecule has 0 amide bonds. The van der Waals surface area contributed by atoms with Crippen LogP contribution in [0.5, 0.6) is 0 Å². The van der Waals surface area contributed by atoms with Crippen LogP contribution in [0.3, 0.4) is 0 Å². The van der Waals surface area contributed by atoms with Gasteiger partial charge < -0.3 is 20.2 Å². The Kier molecular flexibility index (Phi) is 4.70. The van der Waals surface area contributed by atoms with Crippen molar-refractivity contribution >= 4 is 5.96 Å². The number of nitrogens with one attached hydrogen (secondary N) is 2. The van der Waals surface area contributed by atoms with Crippen LogP contribution < -0.4 is 10.6 Å². The van der Waals surface area contributed by atoms with Crippen molar-refractivity contribution in [3.63, 3.8) is 0 Å². The third-order valence-corrected chi connectivity index (χ3v) is 3.70. The van der Waals surface area contributed by atoms with Gasteiger partial charge in [0.15, 0.2) is 5.96 Å². The molecule has 1 unspecified atom stereocenters. The fraction of sp³-hybridized carbons (Fsp3) is 0.667. The van der Waals surface area contributed by atoms with Gasteiger partial charge in [-0.15, -0.1) is 0 Å². The lowest BCUT2D eigenvalue weighted by atomic mass is 9.80. The van der Waals surface area contributed by atoms with Crippen molar-refractivity contribution in [2.45, 2.75) is 51.7 Å². The van der Waals surface area contributed by atoms with Gasteiger partial charge in [0, 0.05) is 6.54 Å². The summed E-state index contributed by atoms with van der Waals surface area (Å²) in [5.74, 6) is 2.50. The first-order chi connectivity index (χ1) is 9.52. The van der Waals surface area contributed by atoms with Crippen molar-refractivity contribution in [1.29, 1.82) is 0 Å². The maximum atomic E-state index is 10.1. The molecule has 1 heterocycles. The number of aryl methyl sites for hydroxylation is 1. The van der Waals surface area contributed by atoms with Crippen LogP contribution in [0.1, 0.15) is 50.7 Å². The molecule has 1 aliphatic rings. The largest absolute Gasteiger partial charge is 0.464 e. The van der Waals surface area contributed by atoms with Crippen LogP contribution in [0.25, 0.3) is 0 Å². The van der Waals surface area contributed by atoms with E-state index in [0.29, 0.717) is 6.54 Å². The molecule has 1 aromatic heterocycles. The Balaban J connectivity index is 1.95. The van der Waals surface area contributed by atoms with Gasteiger partial charge in [-0.05, 0) is 52.2 Å². The van der Waals surface area contributed by atoms with E-state index in [0.717, 1.165) is 43.3 Å². The van der Waals surface area contributed by atoms with Crippen molar-refractivity contribution in [2.24, 2.45) is 4.99 Å². The van der Waals surface area contributed by atoms with E-state index in [1.165, 1.54) is 0 Å². The van der Waals surface area contributed by atoms with E-state index in [-0.39, 0.29) is 6.04 Å². The molecule has 5 nitrogen and oxygen atoms in total. The predicted molar refractivity (Wildman–Crippen MR) is 79.8 cm³/mol. The molecule has 1 aliphatic carbocycles. The summed E-state index contributed by atoms with van der Waals surface area (Å²) in [6, 6.07) is 3.96. The molecule has 0 bridgehead atoms. The molecule has 1 fully saturated rings. The molecule has 0 aromatic carbocycles. The van der Waals surface area contributed by atoms with Gasteiger partial charge in [-0.3, -0.25) is 4.99 Å². The zero-order chi connectivity index (χ0) is 14.6. The highest BCUT2D eigenvalue weighted by atomic mass is 16.3. The third-order valence-electron chi connectivity index (χ3n) is 3.70. The quantitative estimate of drug-likeness (QED) is 0.570. The summed E-state index contributed by atoms with van der Waals surface area (Å²) in [7, 11) is 0. The lowest BCUT2D eigenvalue weighted by molar-refractivity contribution is -0.0236. The first kappa shape index (κ1) is 14.9. The van der Waals surface area contributed by atoms with Crippen LogP contribution in [0.15, 0.2) is 21.5 Å². The summed E-state index contributed by atoms with van der Waals surface area (Å²) in [5.41, 5.74) is -0.590. The second-order valence-corrected chi connectivity index (χ2v) is 5.59. The molecule has 1 atom stereocenters. The van der Waals surface area contributed by atoms with Crippen molar-refractivity contribution < 1.29 is 9.52 Å². The third kappa shape index (κ3) is 3.76. The van der Waals surface area contributed by atoms with E-state index >= 15 is 0 Å². The lowest BCUT2D eigenvalue weighted by Gasteiger charge is -2.35. The summed E-state index contributed by atoms with van der Waals surface area (Å²) in [5, 5.41) is 16.6. The van der Waals surface area contributed by atoms with E-state index in [4.69, 9.17) is 4.42 Å². The van der Waals surface area contributed by atoms with Gasteiger partial charge in [0.05, 0.1) is 18.2 Å². The summed E-state index contributed by atoms with van der Waals surface area (Å²) in [4.78, 5) is 4.48. The Hall–Kier alpha value is -1.49. The number of aliphatic imine (C=N–C) groups is 1. The monoisotopic (exact) mass is 279 g/mol. The smallest absolute Gasteiger partial charge is 0.191 e. The average molecular weight is 279 g/mol. The van der Waals surface area contributed by atoms with Crippen LogP contribution in [-0.4, -0.2) is 29.8 Å². The van der Waals surface area contributed by atoms with Gasteiger partial charge in [0.1, 0.15) is 11.5 Å². The Morgan fingerprint density at radius 3 is 2.75 bits per heavy atom. The lowest BCUT2D eigenvalue weighted by Crippen LogP contribution is -2.43. The highest BCUT2D eigenvalue weighted by Gasteiger charge is 2.34. The van der Waals surface area contributed by atoms with Gasteiger partial charge in [0.2, 0.25) is 0 Å². The Morgan fingerprint density at radius 2 is 2.25 bits per heavy atom. The molecule has 0 radical (unpaired) electrons. The minimum Gasteiger partial charge on any atom is -0.464 e. The second-order valence-electron chi connectivity index (χ2n) is 5.59. The molecule has 112 valence electrons. The topological polar surface area (TPSA) is 69.8 Å². The van der Waals surface area contributed by atoms with E-state index < -0.39 is 5.60 Å². The standard InChI is InChI=1S/C15H25N3O2/c1-4-16-14(17-10-15(19)8-5-9-15)18-12(3)13-7-6-11(2)20-13/h6-7,12,19H,4-5,8-10H2,1-3H3,(H2,16,17,18). The maximum absolute atomic E-state index is 10.1. The van der Waals surface area contributed by atoms with E-state index in [1.54, 1.807) is 0 Å². The molecule has 2 rings (SSSR count). The van der Waals surface area contributed by atoms with Gasteiger partial charge in [-0.2, -0.15) is 0 Å². The number of hydrogen-bond donors (Lipinski definition) is 3. The molecule has 0 saturated heterocycles. The van der Waals surface area contributed by atoms with Gasteiger partial charge >= 0.3 is 0 Å². The van der Waals surface area contributed by atoms with Crippen LogP contribution in [0, 0.1) is 6.92 Å². The van der Waals surface area contributed by atoms with Crippen molar-refractivity contribution in [3.8, 4) is 0 Å². The van der Waals surface area contributed by atoms with Gasteiger partial charge in [0.25, 0.3) is 0 Å². The van der Waals surface area contributed by atoms with Crippen molar-refractivity contribution in [1.82, 2.24) is 10.6 Å². The van der Waals surface area contributed by atoms with E-state index in [9.17, 15) is 5.11 Å². The van der Waals surface area contributed by atoms with Crippen molar-refractivity contribution in [3.05, 3.63) is 23.7 Å². The SMILES string of the molecule is CCNC(=NCC1(O)CCC1)NC(C)c1ccc(C)o1. The predicted octanol–water partition coefficient (Wildman–Crippen LogP) is 2.12. The number of guanidine groups is 1. The molecular formula is C15H25N3O2. The van der Waals surface area contributed by atoms with Crippen LogP contribution in [0.4, 0.5) is 0 Å². The Morgan fingerprint density at radius 1 is 1.50 bits per heavy atom. The highest BCUT2D eigenvalue weighted by Crippen LogP contribution is 2.31. The number of nitrogens with zero attached hydrogens (tertiary/aromatic N) is 1. The number of hydrogen-bond acceptors (Lipinski definition) is 3. The normalized spacial score (nSPS) is 19.3. The number of rotatable bonds is 5. The summed E-state index contributed by atoms with van der Waals surface area (Å²) in [6.07, 6.45) is 2.80. The van der Waals surface area contributed by atoms with Crippen molar-refractivity contribution in [2.75, 3.05) is 13.1 Å². The van der Waals surface area contributed by atoms with Crippen LogP contribution in [0.2, 0.25) is 0 Å². The fourth-order valence-electron chi connectivity index (χ4n) is 2.25. The summed E-state index contributed by atoms with van der Waals surface area (Å²) < 4.78 is 5.61. The van der Waals surface area contributed by atoms with Gasteiger partial charge in [-0.1, -0.05) is 0 Å². The van der Waals surface area contributed by atoms with E-state index in [1.807, 2.05) is 32.9 Å². The Labute approximate surface area is 120 Å². The Bertz CT molecular complexity index is 463. The highest BCUT2D eigenvalue weighted by molar-refractivity contribution is 5.80. The molecule has 3 N–H and O–H groups in total. The summed E-state index contributed by atoms with van der Waals surface area (Å²) in [6.45, 7) is 7.22. The molecule has 1 aromatic rings. The molecule has 1 saturated carbocycles. The molecule has 20 heavy (non-hydrogen) atoms. The fourth-order valence-corrected chi connectivity index (χ4v) is 2.25. The van der Waals surface area contributed by atoms with Crippen LogP contribution in [-0.2, 0) is 0 Å². The molecule has 0 aliphatic heterocycles. The minimum atomic E-state index is -0.590. The first-order valence-electron chi connectivity index (χ1n) is 7.36. The van der Waals surface area contributed by atoms with Crippen LogP contribution >= 0.6 is 0 Å². The average Bonchev–Trinajstić information content (AvgIpc) is 2.81. The molecule has 5 heteroatoms. The van der Waals surface area contributed by atoms with Gasteiger partial charge in [-0.25, -0.2) is 0 Å². The minimum absolute atomic E-state index is 0.0394. The first-order valence-corrected chi connectivity index (χ1v) is 7.36. The second kappa shape index (κ2) is 6.31. The maximum Gasteiger partial charge on any atom is 0.191 e. The zero-order valence-electron chi connectivity index (χ0n) is 12.6. The number of aliphatic hydroxyl groups is 1. The zero-order valence-corrected chi connectivity index (χ0v) is 12.6. The molecule has 0 spiro atoms. The summed E-state index contributed by atoms with van der Waals surface area (Å²) >= 11 is 0.